The number of pyridine rings is 1. The summed E-state index contributed by atoms with van der Waals surface area (Å²) in [6, 6.07) is 4.01. The van der Waals surface area contributed by atoms with Gasteiger partial charge in [0.1, 0.15) is 11.6 Å². The van der Waals surface area contributed by atoms with Gasteiger partial charge in [-0.15, -0.1) is 0 Å². The van der Waals surface area contributed by atoms with E-state index in [4.69, 9.17) is 4.98 Å². The second-order valence-electron chi connectivity index (χ2n) is 5.42. The minimum Gasteiger partial charge on any atom is -0.369 e. The molecule has 112 valence electrons. The van der Waals surface area contributed by atoms with Gasteiger partial charge in [-0.2, -0.15) is 0 Å². The van der Waals surface area contributed by atoms with Gasteiger partial charge in [0, 0.05) is 25.4 Å². The van der Waals surface area contributed by atoms with Crippen LogP contribution in [0.4, 0.5) is 5.82 Å². The molecule has 0 radical (unpaired) electrons. The molecule has 0 aliphatic heterocycles. The van der Waals surface area contributed by atoms with E-state index in [1.165, 1.54) is 0 Å². The lowest BCUT2D eigenvalue weighted by atomic mass is 10.1. The van der Waals surface area contributed by atoms with Crippen molar-refractivity contribution in [2.24, 2.45) is 5.92 Å². The van der Waals surface area contributed by atoms with Crippen molar-refractivity contribution in [2.75, 3.05) is 11.9 Å². The number of nitrogens with zero attached hydrogens (tertiary/aromatic N) is 3. The predicted octanol–water partition coefficient (Wildman–Crippen LogP) is 3.70. The fraction of sp³-hybridized carbons (Fsp3) is 0.438. The van der Waals surface area contributed by atoms with Crippen LogP contribution in [0.1, 0.15) is 37.9 Å². The van der Waals surface area contributed by atoms with E-state index in [2.05, 4.69) is 64.7 Å². The number of aromatic nitrogens is 3. The summed E-state index contributed by atoms with van der Waals surface area (Å²) in [7, 11) is 0. The first-order valence-electron chi connectivity index (χ1n) is 7.28. The van der Waals surface area contributed by atoms with E-state index in [-0.39, 0.29) is 0 Å². The van der Waals surface area contributed by atoms with Crippen molar-refractivity contribution in [2.45, 2.75) is 33.6 Å². The zero-order valence-electron chi connectivity index (χ0n) is 12.7. The zero-order valence-corrected chi connectivity index (χ0v) is 14.9. The zero-order chi connectivity index (χ0) is 15.2. The number of hydrogen-bond acceptors (Lipinski definition) is 4. The summed E-state index contributed by atoms with van der Waals surface area (Å²) in [5.41, 5.74) is 2.27. The highest BCUT2D eigenvalue weighted by atomic mass is 127. The predicted molar refractivity (Wildman–Crippen MR) is 94.5 cm³/mol. The first-order valence-corrected chi connectivity index (χ1v) is 8.36. The first-order chi connectivity index (χ1) is 10.1. The Hall–Kier alpha value is -1.24. The van der Waals surface area contributed by atoms with Gasteiger partial charge in [0.25, 0.3) is 0 Å². The number of nitrogens with one attached hydrogen (secondary N) is 1. The molecule has 0 fully saturated rings. The Balaban J connectivity index is 2.33. The molecule has 2 rings (SSSR count). The molecule has 0 unspecified atom stereocenters. The molecule has 0 aliphatic carbocycles. The topological polar surface area (TPSA) is 50.7 Å². The smallest absolute Gasteiger partial charge is 0.143 e. The van der Waals surface area contributed by atoms with Crippen molar-refractivity contribution in [3.63, 3.8) is 0 Å². The van der Waals surface area contributed by atoms with Crippen LogP contribution >= 0.6 is 22.6 Å². The van der Waals surface area contributed by atoms with Crippen LogP contribution in [0.2, 0.25) is 0 Å². The molecule has 0 atom stereocenters. The Kier molecular flexibility index (Phi) is 5.90. The second kappa shape index (κ2) is 7.68. The van der Waals surface area contributed by atoms with E-state index in [1.807, 2.05) is 12.3 Å². The largest absolute Gasteiger partial charge is 0.369 e. The molecule has 2 heterocycles. The third-order valence-electron chi connectivity index (χ3n) is 3.00. The summed E-state index contributed by atoms with van der Waals surface area (Å²) >= 11 is 2.35. The number of anilines is 1. The minimum absolute atomic E-state index is 0.578. The van der Waals surface area contributed by atoms with Crippen LogP contribution in [-0.4, -0.2) is 21.5 Å². The van der Waals surface area contributed by atoms with E-state index in [9.17, 15) is 0 Å². The van der Waals surface area contributed by atoms with E-state index >= 15 is 0 Å². The van der Waals surface area contributed by atoms with E-state index < -0.39 is 0 Å². The fourth-order valence-electron chi connectivity index (χ4n) is 2.12. The summed E-state index contributed by atoms with van der Waals surface area (Å²) in [5.74, 6) is 2.38. The van der Waals surface area contributed by atoms with E-state index in [1.54, 1.807) is 6.20 Å². The fourth-order valence-corrected chi connectivity index (χ4v) is 2.77. The van der Waals surface area contributed by atoms with Crippen molar-refractivity contribution in [3.8, 4) is 0 Å². The minimum atomic E-state index is 0.578. The maximum atomic E-state index is 4.76. The van der Waals surface area contributed by atoms with Gasteiger partial charge in [0.2, 0.25) is 0 Å². The van der Waals surface area contributed by atoms with Gasteiger partial charge < -0.3 is 5.32 Å². The maximum absolute atomic E-state index is 4.76. The molecule has 0 saturated heterocycles. The van der Waals surface area contributed by atoms with Crippen molar-refractivity contribution >= 4 is 28.4 Å². The molecule has 0 bridgehead atoms. The van der Waals surface area contributed by atoms with Crippen LogP contribution in [0.15, 0.2) is 24.5 Å². The van der Waals surface area contributed by atoms with Gasteiger partial charge >= 0.3 is 0 Å². The molecule has 21 heavy (non-hydrogen) atoms. The first kappa shape index (κ1) is 16.1. The van der Waals surface area contributed by atoms with Crippen molar-refractivity contribution in [1.29, 1.82) is 0 Å². The summed E-state index contributed by atoms with van der Waals surface area (Å²) in [4.78, 5) is 13.6. The molecule has 0 aliphatic rings. The van der Waals surface area contributed by atoms with Gasteiger partial charge in [0.05, 0.1) is 9.26 Å². The maximum Gasteiger partial charge on any atom is 0.143 e. The van der Waals surface area contributed by atoms with Crippen LogP contribution in [0.3, 0.4) is 0 Å². The average molecular weight is 396 g/mol. The summed E-state index contributed by atoms with van der Waals surface area (Å²) in [5, 5.41) is 3.34. The molecular weight excluding hydrogens is 375 g/mol. The monoisotopic (exact) mass is 396 g/mol. The average Bonchev–Trinajstić information content (AvgIpc) is 2.44. The Labute approximate surface area is 140 Å². The summed E-state index contributed by atoms with van der Waals surface area (Å²) in [6.45, 7) is 7.37. The molecule has 0 spiro atoms. The van der Waals surface area contributed by atoms with Crippen molar-refractivity contribution < 1.29 is 0 Å². The summed E-state index contributed by atoms with van der Waals surface area (Å²) < 4.78 is 1.14. The number of rotatable bonds is 6. The quantitative estimate of drug-likeness (QED) is 0.757. The molecule has 2 aromatic heterocycles. The van der Waals surface area contributed by atoms with Crippen LogP contribution in [0, 0.1) is 9.49 Å². The van der Waals surface area contributed by atoms with Crippen molar-refractivity contribution in [1.82, 2.24) is 15.0 Å². The third kappa shape index (κ3) is 4.62. The van der Waals surface area contributed by atoms with Crippen LogP contribution in [0.5, 0.6) is 0 Å². The van der Waals surface area contributed by atoms with Crippen LogP contribution in [0.25, 0.3) is 0 Å². The normalized spacial score (nSPS) is 10.9. The summed E-state index contributed by atoms with van der Waals surface area (Å²) in [6.07, 6.45) is 5.34. The SMILES string of the molecule is CCNc1nc(Cc2cccnc2)nc(CC(C)C)c1I. The molecular formula is C16H21IN4. The molecule has 0 aromatic carbocycles. The lowest BCUT2D eigenvalue weighted by Crippen LogP contribution is -2.11. The van der Waals surface area contributed by atoms with Gasteiger partial charge in [-0.25, -0.2) is 9.97 Å². The van der Waals surface area contributed by atoms with Crippen LogP contribution in [-0.2, 0) is 12.8 Å². The van der Waals surface area contributed by atoms with Crippen molar-refractivity contribution in [3.05, 3.63) is 45.2 Å². The number of halogens is 1. The van der Waals surface area contributed by atoms with Crippen LogP contribution < -0.4 is 5.32 Å². The van der Waals surface area contributed by atoms with Gasteiger partial charge in [-0.3, -0.25) is 4.98 Å². The van der Waals surface area contributed by atoms with Gasteiger partial charge in [-0.05, 0) is 53.5 Å². The highest BCUT2D eigenvalue weighted by molar-refractivity contribution is 14.1. The Morgan fingerprint density at radius 2 is 2.10 bits per heavy atom. The Bertz CT molecular complexity index is 584. The van der Waals surface area contributed by atoms with E-state index in [0.717, 1.165) is 39.4 Å². The standard InChI is InChI=1S/C16H21IN4/c1-4-19-16-15(17)13(8-11(2)3)20-14(21-16)9-12-6-5-7-18-10-12/h5-7,10-11H,4,8-9H2,1-3H3,(H,19,20,21). The number of hydrogen-bond donors (Lipinski definition) is 1. The third-order valence-corrected chi connectivity index (χ3v) is 4.13. The highest BCUT2D eigenvalue weighted by Gasteiger charge is 2.13. The van der Waals surface area contributed by atoms with Gasteiger partial charge in [-0.1, -0.05) is 19.9 Å². The molecule has 4 nitrogen and oxygen atoms in total. The lowest BCUT2D eigenvalue weighted by molar-refractivity contribution is 0.628. The lowest BCUT2D eigenvalue weighted by Gasteiger charge is -2.13. The second-order valence-corrected chi connectivity index (χ2v) is 6.49. The molecule has 5 heteroatoms. The highest BCUT2D eigenvalue weighted by Crippen LogP contribution is 2.22. The molecule has 2 aromatic rings. The Morgan fingerprint density at radius 1 is 1.29 bits per heavy atom. The molecule has 0 saturated carbocycles. The van der Waals surface area contributed by atoms with E-state index in [0.29, 0.717) is 12.3 Å². The van der Waals surface area contributed by atoms with Gasteiger partial charge in [0.15, 0.2) is 0 Å². The molecule has 0 amide bonds. The Morgan fingerprint density at radius 3 is 2.71 bits per heavy atom. The molecule has 1 N–H and O–H groups in total.